The molecule has 0 saturated heterocycles. The third-order valence-electron chi connectivity index (χ3n) is 4.50. The molecule has 0 fully saturated rings. The van der Waals surface area contributed by atoms with E-state index in [-0.39, 0.29) is 17.8 Å². The second-order valence-corrected chi connectivity index (χ2v) is 6.33. The van der Waals surface area contributed by atoms with Crippen molar-refractivity contribution in [2.45, 2.75) is 26.3 Å². The fourth-order valence-corrected chi connectivity index (χ4v) is 3.17. The van der Waals surface area contributed by atoms with Crippen molar-refractivity contribution in [2.75, 3.05) is 19.7 Å². The molecule has 0 radical (unpaired) electrons. The number of benzene rings is 1. The molecule has 1 aliphatic heterocycles. The SMILES string of the molecule is CCOC(=O)N1CCc2c(cncc2C(=O)NCCc2cccc(F)c2)C1. The number of halogens is 1. The molecule has 2 aromatic rings. The van der Waals surface area contributed by atoms with E-state index >= 15 is 0 Å². The van der Waals surface area contributed by atoms with Crippen LogP contribution in [0.15, 0.2) is 36.7 Å². The maximum Gasteiger partial charge on any atom is 0.410 e. The molecule has 27 heavy (non-hydrogen) atoms. The van der Waals surface area contributed by atoms with Crippen LogP contribution in [-0.2, 0) is 24.1 Å². The van der Waals surface area contributed by atoms with Crippen molar-refractivity contribution in [2.24, 2.45) is 0 Å². The number of rotatable bonds is 5. The first-order chi connectivity index (χ1) is 13.1. The summed E-state index contributed by atoms with van der Waals surface area (Å²) in [4.78, 5) is 30.2. The van der Waals surface area contributed by atoms with Gasteiger partial charge < -0.3 is 15.0 Å². The van der Waals surface area contributed by atoms with Crippen molar-refractivity contribution in [3.8, 4) is 0 Å². The molecule has 1 aliphatic rings. The van der Waals surface area contributed by atoms with Crippen LogP contribution < -0.4 is 5.32 Å². The van der Waals surface area contributed by atoms with Crippen molar-refractivity contribution >= 4 is 12.0 Å². The molecule has 3 rings (SSSR count). The summed E-state index contributed by atoms with van der Waals surface area (Å²) in [5.41, 5.74) is 3.12. The minimum Gasteiger partial charge on any atom is -0.450 e. The molecule has 0 saturated carbocycles. The van der Waals surface area contributed by atoms with Crippen LogP contribution >= 0.6 is 0 Å². The van der Waals surface area contributed by atoms with Crippen LogP contribution in [0.25, 0.3) is 0 Å². The molecule has 7 heteroatoms. The summed E-state index contributed by atoms with van der Waals surface area (Å²) in [6, 6.07) is 6.33. The number of amides is 2. The smallest absolute Gasteiger partial charge is 0.410 e. The second-order valence-electron chi connectivity index (χ2n) is 6.33. The molecule has 1 N–H and O–H groups in total. The summed E-state index contributed by atoms with van der Waals surface area (Å²) in [5.74, 6) is -0.494. The Morgan fingerprint density at radius 1 is 1.33 bits per heavy atom. The van der Waals surface area contributed by atoms with Crippen molar-refractivity contribution in [1.82, 2.24) is 15.2 Å². The number of hydrogen-bond donors (Lipinski definition) is 1. The van der Waals surface area contributed by atoms with E-state index in [2.05, 4.69) is 10.3 Å². The van der Waals surface area contributed by atoms with Crippen molar-refractivity contribution in [1.29, 1.82) is 0 Å². The normalized spacial score (nSPS) is 13.0. The summed E-state index contributed by atoms with van der Waals surface area (Å²) in [6.07, 6.45) is 4.00. The van der Waals surface area contributed by atoms with Gasteiger partial charge in [-0.15, -0.1) is 0 Å². The van der Waals surface area contributed by atoms with E-state index < -0.39 is 0 Å². The topological polar surface area (TPSA) is 71.5 Å². The first-order valence-corrected chi connectivity index (χ1v) is 8.98. The van der Waals surface area contributed by atoms with Gasteiger partial charge in [0.25, 0.3) is 5.91 Å². The fourth-order valence-electron chi connectivity index (χ4n) is 3.17. The minimum absolute atomic E-state index is 0.208. The quantitative estimate of drug-likeness (QED) is 0.877. The van der Waals surface area contributed by atoms with Crippen molar-refractivity contribution in [3.63, 3.8) is 0 Å². The molecule has 1 aromatic heterocycles. The molecule has 6 nitrogen and oxygen atoms in total. The van der Waals surface area contributed by atoms with Gasteiger partial charge >= 0.3 is 6.09 Å². The van der Waals surface area contributed by atoms with Gasteiger partial charge in [-0.1, -0.05) is 12.1 Å². The summed E-state index contributed by atoms with van der Waals surface area (Å²) in [5, 5.41) is 2.86. The molecular formula is C20H22FN3O3. The number of hydrogen-bond acceptors (Lipinski definition) is 4. The van der Waals surface area contributed by atoms with Crippen LogP contribution in [0.3, 0.4) is 0 Å². The Bertz CT molecular complexity index is 841. The average Bonchev–Trinajstić information content (AvgIpc) is 2.67. The lowest BCUT2D eigenvalue weighted by Crippen LogP contribution is -2.37. The number of carbonyl (C=O) groups excluding carboxylic acids is 2. The summed E-state index contributed by atoms with van der Waals surface area (Å²) >= 11 is 0. The maximum atomic E-state index is 13.2. The number of nitrogens with zero attached hydrogens (tertiary/aromatic N) is 2. The number of aromatic nitrogens is 1. The first kappa shape index (κ1) is 18.8. The van der Waals surface area contributed by atoms with Gasteiger partial charge in [0, 0.05) is 25.5 Å². The van der Waals surface area contributed by atoms with Gasteiger partial charge in [-0.25, -0.2) is 9.18 Å². The maximum absolute atomic E-state index is 13.2. The Labute approximate surface area is 157 Å². The van der Waals surface area contributed by atoms with E-state index in [1.165, 1.54) is 12.1 Å². The van der Waals surface area contributed by atoms with Crippen LogP contribution in [0.2, 0.25) is 0 Å². The van der Waals surface area contributed by atoms with E-state index in [0.717, 1.165) is 16.7 Å². The minimum atomic E-state index is -0.354. The van der Waals surface area contributed by atoms with Gasteiger partial charge in [0.2, 0.25) is 0 Å². The zero-order chi connectivity index (χ0) is 19.2. The highest BCUT2D eigenvalue weighted by atomic mass is 19.1. The Morgan fingerprint density at radius 2 is 2.19 bits per heavy atom. The Kier molecular flexibility index (Phi) is 6.01. The van der Waals surface area contributed by atoms with Gasteiger partial charge in [-0.2, -0.15) is 0 Å². The Morgan fingerprint density at radius 3 is 2.96 bits per heavy atom. The summed E-state index contributed by atoms with van der Waals surface area (Å²) < 4.78 is 18.2. The molecule has 0 unspecified atom stereocenters. The summed E-state index contributed by atoms with van der Waals surface area (Å²) in [7, 11) is 0. The number of carbonyl (C=O) groups is 2. The third kappa shape index (κ3) is 4.61. The van der Waals surface area contributed by atoms with Crippen molar-refractivity contribution in [3.05, 3.63) is 64.7 Å². The van der Waals surface area contributed by atoms with E-state index in [0.29, 0.717) is 44.6 Å². The van der Waals surface area contributed by atoms with Gasteiger partial charge in [0.1, 0.15) is 5.82 Å². The Balaban J connectivity index is 1.63. The fraction of sp³-hybridized carbons (Fsp3) is 0.350. The molecular weight excluding hydrogens is 349 g/mol. The second kappa shape index (κ2) is 8.62. The number of fused-ring (bicyclic) bond motifs is 1. The average molecular weight is 371 g/mol. The van der Waals surface area contributed by atoms with Crippen molar-refractivity contribution < 1.29 is 18.7 Å². The number of nitrogens with one attached hydrogen (secondary N) is 1. The highest BCUT2D eigenvalue weighted by Gasteiger charge is 2.25. The van der Waals surface area contributed by atoms with E-state index in [1.807, 2.05) is 6.07 Å². The molecule has 0 bridgehead atoms. The van der Waals surface area contributed by atoms with E-state index in [4.69, 9.17) is 4.74 Å². The monoisotopic (exact) mass is 371 g/mol. The van der Waals surface area contributed by atoms with Crippen LogP contribution in [0.1, 0.15) is 34.0 Å². The highest BCUT2D eigenvalue weighted by Crippen LogP contribution is 2.22. The van der Waals surface area contributed by atoms with Gasteiger partial charge in [0.15, 0.2) is 0 Å². The molecule has 0 aliphatic carbocycles. The zero-order valence-electron chi connectivity index (χ0n) is 15.2. The van der Waals surface area contributed by atoms with Gasteiger partial charge in [0.05, 0.1) is 18.7 Å². The van der Waals surface area contributed by atoms with E-state index in [9.17, 15) is 14.0 Å². The molecule has 2 amide bonds. The largest absolute Gasteiger partial charge is 0.450 e. The standard InChI is InChI=1S/C20H22FN3O3/c1-2-27-20(26)24-9-7-17-15(13-24)11-22-12-18(17)19(25)23-8-6-14-4-3-5-16(21)10-14/h3-5,10-12H,2,6-9,13H2,1H3,(H,23,25). The third-order valence-corrected chi connectivity index (χ3v) is 4.50. The predicted octanol–water partition coefficient (Wildman–Crippen LogP) is 2.71. The lowest BCUT2D eigenvalue weighted by Gasteiger charge is -2.28. The van der Waals surface area contributed by atoms with Crippen LogP contribution in [0.5, 0.6) is 0 Å². The number of ether oxygens (including phenoxy) is 1. The van der Waals surface area contributed by atoms with Crippen LogP contribution in [0, 0.1) is 5.82 Å². The first-order valence-electron chi connectivity index (χ1n) is 8.98. The highest BCUT2D eigenvalue weighted by molar-refractivity contribution is 5.95. The number of pyridine rings is 1. The summed E-state index contributed by atoms with van der Waals surface area (Å²) in [6.45, 7) is 3.38. The predicted molar refractivity (Wildman–Crippen MR) is 97.8 cm³/mol. The lowest BCUT2D eigenvalue weighted by molar-refractivity contribution is 0.0950. The molecule has 0 spiro atoms. The van der Waals surface area contributed by atoms with Crippen LogP contribution in [0.4, 0.5) is 9.18 Å². The lowest BCUT2D eigenvalue weighted by atomic mass is 9.97. The van der Waals surface area contributed by atoms with Gasteiger partial charge in [-0.3, -0.25) is 9.78 Å². The van der Waals surface area contributed by atoms with E-state index in [1.54, 1.807) is 30.3 Å². The van der Waals surface area contributed by atoms with Crippen LogP contribution in [-0.4, -0.2) is 41.6 Å². The van der Waals surface area contributed by atoms with Gasteiger partial charge in [-0.05, 0) is 48.6 Å². The molecule has 0 atom stereocenters. The zero-order valence-corrected chi connectivity index (χ0v) is 15.2. The molecule has 2 heterocycles. The Hall–Kier alpha value is -2.96. The molecule has 1 aromatic carbocycles. The molecule has 142 valence electrons.